The topological polar surface area (TPSA) is 79.4 Å². The summed E-state index contributed by atoms with van der Waals surface area (Å²) in [7, 11) is -0.576. The molecule has 0 aliphatic carbocycles. The highest BCUT2D eigenvalue weighted by Crippen LogP contribution is 2.27. The fourth-order valence-electron chi connectivity index (χ4n) is 2.31. The third-order valence-corrected chi connectivity index (χ3v) is 6.73. The van der Waals surface area contributed by atoms with Gasteiger partial charge in [0.15, 0.2) is 5.13 Å². The lowest BCUT2D eigenvalue weighted by Crippen LogP contribution is -2.22. The Morgan fingerprint density at radius 3 is 2.46 bits per heavy atom. The van der Waals surface area contributed by atoms with Crippen molar-refractivity contribution in [3.8, 4) is 11.3 Å². The molecule has 3 rings (SSSR count). The maximum Gasteiger partial charge on any atom is 0.258 e. The maximum absolute atomic E-state index is 13.1. The molecule has 28 heavy (non-hydrogen) atoms. The first-order chi connectivity index (χ1) is 13.2. The van der Waals surface area contributed by atoms with Crippen molar-refractivity contribution in [1.29, 1.82) is 0 Å². The van der Waals surface area contributed by atoms with E-state index in [1.165, 1.54) is 43.6 Å². The Morgan fingerprint density at radius 1 is 1.18 bits per heavy atom. The van der Waals surface area contributed by atoms with E-state index in [1.54, 1.807) is 17.5 Å². The number of thiazole rings is 1. The smallest absolute Gasteiger partial charge is 0.258 e. The van der Waals surface area contributed by atoms with Crippen LogP contribution < -0.4 is 5.32 Å². The minimum atomic E-state index is -3.51. The van der Waals surface area contributed by atoms with Crippen molar-refractivity contribution in [3.63, 3.8) is 0 Å². The Bertz CT molecular complexity index is 1130. The SMILES string of the molecule is CN(C)S(=O)(=O)c1ccc(-c2csc(NC(=O)c3ccc(F)cc3Cl)n2)cc1. The number of rotatable bonds is 5. The Balaban J connectivity index is 1.78. The normalized spacial score (nSPS) is 11.6. The molecule has 0 bridgehead atoms. The Morgan fingerprint density at radius 2 is 1.86 bits per heavy atom. The number of nitrogens with one attached hydrogen (secondary N) is 1. The molecule has 1 amide bonds. The molecule has 146 valence electrons. The largest absolute Gasteiger partial charge is 0.298 e. The number of benzene rings is 2. The van der Waals surface area contributed by atoms with E-state index in [2.05, 4.69) is 10.3 Å². The zero-order chi connectivity index (χ0) is 20.5. The molecular weight excluding hydrogens is 425 g/mol. The van der Waals surface area contributed by atoms with Crippen molar-refractivity contribution in [1.82, 2.24) is 9.29 Å². The lowest BCUT2D eigenvalue weighted by molar-refractivity contribution is 0.102. The fourth-order valence-corrected chi connectivity index (χ4v) is 4.18. The Kier molecular flexibility index (Phi) is 5.80. The average molecular weight is 440 g/mol. The molecule has 2 aromatic carbocycles. The van der Waals surface area contributed by atoms with Crippen LogP contribution in [0.1, 0.15) is 10.4 Å². The van der Waals surface area contributed by atoms with Gasteiger partial charge < -0.3 is 0 Å². The number of carbonyl (C=O) groups is 1. The Labute approximate surface area is 170 Å². The second-order valence-corrected chi connectivity index (χ2v) is 9.35. The number of hydrogen-bond acceptors (Lipinski definition) is 5. The summed E-state index contributed by atoms with van der Waals surface area (Å²) in [4.78, 5) is 16.8. The van der Waals surface area contributed by atoms with Gasteiger partial charge in [0.25, 0.3) is 5.91 Å². The molecule has 3 aromatic rings. The van der Waals surface area contributed by atoms with Crippen LogP contribution in [0.15, 0.2) is 52.7 Å². The molecule has 0 radical (unpaired) electrons. The number of amides is 1. The second kappa shape index (κ2) is 7.96. The van der Waals surface area contributed by atoms with Gasteiger partial charge >= 0.3 is 0 Å². The molecule has 0 unspecified atom stereocenters. The number of aromatic nitrogens is 1. The van der Waals surface area contributed by atoms with E-state index in [0.29, 0.717) is 16.4 Å². The summed E-state index contributed by atoms with van der Waals surface area (Å²) in [6.45, 7) is 0. The predicted molar refractivity (Wildman–Crippen MR) is 108 cm³/mol. The first-order valence-electron chi connectivity index (χ1n) is 7.93. The number of carbonyl (C=O) groups excluding carboxylic acids is 1. The van der Waals surface area contributed by atoms with Crippen molar-refractivity contribution in [2.75, 3.05) is 19.4 Å². The van der Waals surface area contributed by atoms with Gasteiger partial charge in [0.05, 0.1) is 21.2 Å². The zero-order valence-corrected chi connectivity index (χ0v) is 17.2. The summed E-state index contributed by atoms with van der Waals surface area (Å²) in [5.74, 6) is -1.03. The van der Waals surface area contributed by atoms with Crippen LogP contribution in [-0.2, 0) is 10.0 Å². The van der Waals surface area contributed by atoms with E-state index < -0.39 is 21.7 Å². The number of sulfonamides is 1. The first kappa shape index (κ1) is 20.4. The first-order valence-corrected chi connectivity index (χ1v) is 10.6. The van der Waals surface area contributed by atoms with E-state index in [0.717, 1.165) is 16.4 Å². The lowest BCUT2D eigenvalue weighted by atomic mass is 10.2. The molecule has 1 N–H and O–H groups in total. The highest BCUT2D eigenvalue weighted by molar-refractivity contribution is 7.89. The molecule has 0 saturated carbocycles. The lowest BCUT2D eigenvalue weighted by Gasteiger charge is -2.11. The highest BCUT2D eigenvalue weighted by Gasteiger charge is 2.17. The third kappa shape index (κ3) is 4.22. The summed E-state index contributed by atoms with van der Waals surface area (Å²) >= 11 is 7.10. The number of nitrogens with zero attached hydrogens (tertiary/aromatic N) is 2. The summed E-state index contributed by atoms with van der Waals surface area (Å²) in [6, 6.07) is 9.80. The van der Waals surface area contributed by atoms with Crippen molar-refractivity contribution >= 4 is 44.0 Å². The average Bonchev–Trinajstić information content (AvgIpc) is 3.10. The summed E-state index contributed by atoms with van der Waals surface area (Å²) in [6.07, 6.45) is 0. The second-order valence-electron chi connectivity index (χ2n) is 5.93. The fraction of sp³-hybridized carbons (Fsp3) is 0.111. The van der Waals surface area contributed by atoms with Gasteiger partial charge in [-0.2, -0.15) is 0 Å². The standard InChI is InChI=1S/C18H15ClFN3O3S2/c1-23(2)28(25,26)13-6-3-11(4-7-13)16-10-27-18(21-16)22-17(24)14-8-5-12(20)9-15(14)19/h3-10H,1-2H3,(H,21,22,24). The Hall–Kier alpha value is -2.33. The van der Waals surface area contributed by atoms with Crippen LogP contribution in [0.25, 0.3) is 11.3 Å². The van der Waals surface area contributed by atoms with Crippen LogP contribution in [0.5, 0.6) is 0 Å². The molecule has 0 fully saturated rings. The number of halogens is 2. The van der Waals surface area contributed by atoms with Gasteiger partial charge in [-0.25, -0.2) is 22.1 Å². The molecular formula is C18H15ClFN3O3S2. The predicted octanol–water partition coefficient (Wildman–Crippen LogP) is 4.11. The monoisotopic (exact) mass is 439 g/mol. The molecule has 0 aliphatic rings. The number of anilines is 1. The summed E-state index contributed by atoms with van der Waals surface area (Å²) in [5, 5.41) is 4.70. The van der Waals surface area contributed by atoms with E-state index in [4.69, 9.17) is 11.6 Å². The van der Waals surface area contributed by atoms with E-state index in [1.807, 2.05) is 0 Å². The summed E-state index contributed by atoms with van der Waals surface area (Å²) < 4.78 is 38.5. The molecule has 0 saturated heterocycles. The molecule has 0 spiro atoms. The molecule has 1 aromatic heterocycles. The minimum Gasteiger partial charge on any atom is -0.298 e. The van der Waals surface area contributed by atoms with Gasteiger partial charge in [0.1, 0.15) is 5.82 Å². The van der Waals surface area contributed by atoms with Gasteiger partial charge in [-0.1, -0.05) is 23.7 Å². The van der Waals surface area contributed by atoms with Crippen LogP contribution in [-0.4, -0.2) is 37.7 Å². The molecule has 0 aliphatic heterocycles. The van der Waals surface area contributed by atoms with Gasteiger partial charge in [-0.05, 0) is 30.3 Å². The van der Waals surface area contributed by atoms with Crippen molar-refractivity contribution in [3.05, 3.63) is 64.2 Å². The van der Waals surface area contributed by atoms with Gasteiger partial charge in [0.2, 0.25) is 10.0 Å². The minimum absolute atomic E-state index is 0.00645. The van der Waals surface area contributed by atoms with E-state index >= 15 is 0 Å². The van der Waals surface area contributed by atoms with Crippen molar-refractivity contribution < 1.29 is 17.6 Å². The molecule has 10 heteroatoms. The van der Waals surface area contributed by atoms with Crippen molar-refractivity contribution in [2.24, 2.45) is 0 Å². The number of hydrogen-bond donors (Lipinski definition) is 1. The van der Waals surface area contributed by atoms with Crippen LogP contribution in [0.4, 0.5) is 9.52 Å². The quantitative estimate of drug-likeness (QED) is 0.649. The highest BCUT2D eigenvalue weighted by atomic mass is 35.5. The van der Waals surface area contributed by atoms with E-state index in [-0.39, 0.29) is 15.5 Å². The van der Waals surface area contributed by atoms with Gasteiger partial charge in [-0.3, -0.25) is 10.1 Å². The van der Waals surface area contributed by atoms with Gasteiger partial charge in [0, 0.05) is 25.0 Å². The van der Waals surface area contributed by atoms with Crippen molar-refractivity contribution in [2.45, 2.75) is 4.90 Å². The van der Waals surface area contributed by atoms with Crippen LogP contribution in [0, 0.1) is 5.82 Å². The maximum atomic E-state index is 13.1. The van der Waals surface area contributed by atoms with Crippen LogP contribution in [0.3, 0.4) is 0 Å². The molecule has 1 heterocycles. The van der Waals surface area contributed by atoms with E-state index in [9.17, 15) is 17.6 Å². The van der Waals surface area contributed by atoms with Crippen LogP contribution in [0.2, 0.25) is 5.02 Å². The zero-order valence-electron chi connectivity index (χ0n) is 14.8. The summed E-state index contributed by atoms with van der Waals surface area (Å²) in [5.41, 5.74) is 1.42. The molecule has 0 atom stereocenters. The van der Waals surface area contributed by atoms with Crippen LogP contribution >= 0.6 is 22.9 Å². The third-order valence-electron chi connectivity index (χ3n) is 3.83. The molecule has 6 nitrogen and oxygen atoms in total. The van der Waals surface area contributed by atoms with Gasteiger partial charge in [-0.15, -0.1) is 11.3 Å².